The Morgan fingerprint density at radius 3 is 2.67 bits per heavy atom. The van der Waals surface area contributed by atoms with Crippen molar-refractivity contribution in [2.45, 2.75) is 26.2 Å². The Hall–Kier alpha value is -2.26. The lowest BCUT2D eigenvalue weighted by molar-refractivity contribution is 0.175. The average molecular weight is 281 g/mol. The van der Waals surface area contributed by atoms with Gasteiger partial charge in [-0.1, -0.05) is 30.3 Å². The van der Waals surface area contributed by atoms with Crippen LogP contribution < -0.4 is 4.74 Å². The Morgan fingerprint density at radius 1 is 1.10 bits per heavy atom. The first-order valence-corrected chi connectivity index (χ1v) is 7.16. The summed E-state index contributed by atoms with van der Waals surface area (Å²) in [6.07, 6.45) is 1.63. The van der Waals surface area contributed by atoms with Gasteiger partial charge >= 0.3 is 0 Å². The highest BCUT2D eigenvalue weighted by Gasteiger charge is 2.05. The predicted octanol–water partition coefficient (Wildman–Crippen LogP) is 3.60. The summed E-state index contributed by atoms with van der Waals surface area (Å²) in [4.78, 5) is 0. The number of fused-ring (bicyclic) bond motifs is 1. The van der Waals surface area contributed by atoms with Gasteiger partial charge in [-0.3, -0.25) is 0 Å². The van der Waals surface area contributed by atoms with E-state index in [1.165, 1.54) is 0 Å². The molecule has 21 heavy (non-hydrogen) atoms. The lowest BCUT2D eigenvalue weighted by Crippen LogP contribution is -2.10. The van der Waals surface area contributed by atoms with Crippen molar-refractivity contribution in [2.24, 2.45) is 0 Å². The molecule has 0 fully saturated rings. The second-order valence-electron chi connectivity index (χ2n) is 5.31. The molecule has 0 aliphatic carbocycles. The van der Waals surface area contributed by atoms with Crippen LogP contribution in [0.4, 0.5) is 0 Å². The Balaban J connectivity index is 1.79. The second kappa shape index (κ2) is 6.02. The van der Waals surface area contributed by atoms with Crippen molar-refractivity contribution >= 4 is 10.9 Å². The smallest absolute Gasteiger partial charge is 0.121 e. The van der Waals surface area contributed by atoms with Crippen LogP contribution in [-0.2, 0) is 13.2 Å². The molecule has 1 heterocycles. The van der Waals surface area contributed by atoms with Crippen molar-refractivity contribution in [3.63, 3.8) is 0 Å². The first-order chi connectivity index (χ1) is 10.2. The van der Waals surface area contributed by atoms with E-state index in [0.717, 1.165) is 22.2 Å². The summed E-state index contributed by atoms with van der Waals surface area (Å²) in [6, 6.07) is 18.2. The van der Waals surface area contributed by atoms with Crippen LogP contribution in [0, 0.1) is 0 Å². The molecule has 0 saturated heterocycles. The molecule has 0 saturated carbocycles. The molecule has 0 radical (unpaired) electrons. The number of ether oxygens (including phenoxy) is 1. The van der Waals surface area contributed by atoms with E-state index in [9.17, 15) is 5.11 Å². The highest BCUT2D eigenvalue weighted by atomic mass is 16.5. The van der Waals surface area contributed by atoms with Crippen LogP contribution in [0.1, 0.15) is 12.5 Å². The van der Waals surface area contributed by atoms with Crippen LogP contribution in [0.5, 0.6) is 5.75 Å². The Bertz CT molecular complexity index is 716. The van der Waals surface area contributed by atoms with E-state index >= 15 is 0 Å². The fraction of sp³-hybridized carbons (Fsp3) is 0.222. The molecule has 108 valence electrons. The van der Waals surface area contributed by atoms with Gasteiger partial charge in [0.05, 0.1) is 11.6 Å². The molecule has 0 amide bonds. The molecule has 3 heteroatoms. The molecular weight excluding hydrogens is 262 g/mol. The quantitative estimate of drug-likeness (QED) is 0.775. The van der Waals surface area contributed by atoms with E-state index in [-0.39, 0.29) is 6.10 Å². The van der Waals surface area contributed by atoms with Crippen LogP contribution in [0.15, 0.2) is 60.8 Å². The van der Waals surface area contributed by atoms with E-state index in [4.69, 9.17) is 4.74 Å². The number of aliphatic hydroxyl groups is 1. The topological polar surface area (TPSA) is 34.4 Å². The summed E-state index contributed by atoms with van der Waals surface area (Å²) < 4.78 is 7.90. The lowest BCUT2D eigenvalue weighted by atomic mass is 10.2. The largest absolute Gasteiger partial charge is 0.489 e. The van der Waals surface area contributed by atoms with Crippen LogP contribution in [-0.4, -0.2) is 15.8 Å². The van der Waals surface area contributed by atoms with Crippen molar-refractivity contribution in [3.05, 3.63) is 66.4 Å². The van der Waals surface area contributed by atoms with Crippen molar-refractivity contribution in [3.8, 4) is 5.75 Å². The average Bonchev–Trinajstić information content (AvgIpc) is 2.88. The molecule has 0 aliphatic rings. The molecule has 0 aliphatic heterocycles. The van der Waals surface area contributed by atoms with E-state index < -0.39 is 0 Å². The Kier molecular flexibility index (Phi) is 3.93. The third kappa shape index (κ3) is 3.26. The number of nitrogens with zero attached hydrogens (tertiary/aromatic N) is 1. The van der Waals surface area contributed by atoms with Gasteiger partial charge in [-0.15, -0.1) is 0 Å². The van der Waals surface area contributed by atoms with Crippen molar-refractivity contribution in [2.75, 3.05) is 0 Å². The van der Waals surface area contributed by atoms with Gasteiger partial charge in [0, 0.05) is 18.8 Å². The van der Waals surface area contributed by atoms with E-state index in [1.807, 2.05) is 42.6 Å². The molecule has 3 nitrogen and oxygen atoms in total. The fourth-order valence-corrected chi connectivity index (χ4v) is 2.44. The van der Waals surface area contributed by atoms with Gasteiger partial charge in [0.15, 0.2) is 0 Å². The lowest BCUT2D eigenvalue weighted by Gasteiger charge is -2.10. The SMILES string of the molecule is C[C@@H](O)Cn1ccc2ccc(OCc3ccccc3)cc21. The summed E-state index contributed by atoms with van der Waals surface area (Å²) in [7, 11) is 0. The summed E-state index contributed by atoms with van der Waals surface area (Å²) >= 11 is 0. The van der Waals surface area contributed by atoms with Crippen molar-refractivity contribution < 1.29 is 9.84 Å². The zero-order chi connectivity index (χ0) is 14.7. The van der Waals surface area contributed by atoms with Crippen LogP contribution in [0.2, 0.25) is 0 Å². The number of hydrogen-bond donors (Lipinski definition) is 1. The fourth-order valence-electron chi connectivity index (χ4n) is 2.44. The molecule has 1 atom stereocenters. The monoisotopic (exact) mass is 281 g/mol. The van der Waals surface area contributed by atoms with E-state index in [2.05, 4.69) is 22.8 Å². The molecule has 0 bridgehead atoms. The second-order valence-corrected chi connectivity index (χ2v) is 5.31. The summed E-state index contributed by atoms with van der Waals surface area (Å²) in [5.41, 5.74) is 2.23. The van der Waals surface area contributed by atoms with Crippen LogP contribution >= 0.6 is 0 Å². The summed E-state index contributed by atoms with van der Waals surface area (Å²) in [6.45, 7) is 2.94. The maximum atomic E-state index is 9.55. The van der Waals surface area contributed by atoms with Gasteiger partial charge in [0.1, 0.15) is 12.4 Å². The number of benzene rings is 2. The molecule has 3 aromatic rings. The first kappa shape index (κ1) is 13.7. The maximum absolute atomic E-state index is 9.55. The highest BCUT2D eigenvalue weighted by molar-refractivity contribution is 5.81. The van der Waals surface area contributed by atoms with Crippen LogP contribution in [0.3, 0.4) is 0 Å². The van der Waals surface area contributed by atoms with Crippen LogP contribution in [0.25, 0.3) is 10.9 Å². The van der Waals surface area contributed by atoms with Gasteiger partial charge < -0.3 is 14.4 Å². The predicted molar refractivity (Wildman–Crippen MR) is 84.4 cm³/mol. The summed E-state index contributed by atoms with van der Waals surface area (Å²) in [5.74, 6) is 0.844. The minimum atomic E-state index is -0.366. The zero-order valence-corrected chi connectivity index (χ0v) is 12.1. The third-order valence-electron chi connectivity index (χ3n) is 3.45. The van der Waals surface area contributed by atoms with E-state index in [0.29, 0.717) is 13.2 Å². The molecule has 0 spiro atoms. The number of hydrogen-bond acceptors (Lipinski definition) is 2. The zero-order valence-electron chi connectivity index (χ0n) is 12.1. The standard InChI is InChI=1S/C18H19NO2/c1-14(20)12-19-10-9-16-7-8-17(11-18(16)19)21-13-15-5-3-2-4-6-15/h2-11,14,20H,12-13H2,1H3/t14-/m1/s1. The van der Waals surface area contributed by atoms with E-state index in [1.54, 1.807) is 6.92 Å². The maximum Gasteiger partial charge on any atom is 0.121 e. The molecule has 3 rings (SSSR count). The number of aromatic nitrogens is 1. The normalized spacial score (nSPS) is 12.5. The highest BCUT2D eigenvalue weighted by Crippen LogP contribution is 2.23. The molecular formula is C18H19NO2. The van der Waals surface area contributed by atoms with Crippen molar-refractivity contribution in [1.82, 2.24) is 4.57 Å². The summed E-state index contributed by atoms with van der Waals surface area (Å²) in [5, 5.41) is 10.7. The van der Waals surface area contributed by atoms with Crippen molar-refractivity contribution in [1.29, 1.82) is 0 Å². The molecule has 0 unspecified atom stereocenters. The molecule has 1 aromatic heterocycles. The number of aliphatic hydroxyl groups excluding tert-OH is 1. The van der Waals surface area contributed by atoms with Gasteiger partial charge in [0.2, 0.25) is 0 Å². The molecule has 2 aromatic carbocycles. The van der Waals surface area contributed by atoms with Gasteiger partial charge in [-0.05, 0) is 36.1 Å². The van der Waals surface area contributed by atoms with Gasteiger partial charge in [0.25, 0.3) is 0 Å². The minimum absolute atomic E-state index is 0.366. The van der Waals surface area contributed by atoms with Gasteiger partial charge in [-0.25, -0.2) is 0 Å². The minimum Gasteiger partial charge on any atom is -0.489 e. The Morgan fingerprint density at radius 2 is 1.90 bits per heavy atom. The molecule has 1 N–H and O–H groups in total. The number of rotatable bonds is 5. The Labute approximate surface area is 124 Å². The third-order valence-corrected chi connectivity index (χ3v) is 3.45. The first-order valence-electron chi connectivity index (χ1n) is 7.16. The van der Waals surface area contributed by atoms with Gasteiger partial charge in [-0.2, -0.15) is 0 Å².